The van der Waals surface area contributed by atoms with Gasteiger partial charge in [-0.3, -0.25) is 9.59 Å². The van der Waals surface area contributed by atoms with E-state index < -0.39 is 11.7 Å². The number of hydrogen-bond acceptors (Lipinski definition) is 6. The number of hydrogen-bond donors (Lipinski definition) is 1. The molecular weight excluding hydrogens is 646 g/mol. The van der Waals surface area contributed by atoms with Gasteiger partial charge in [-0.1, -0.05) is 28.1 Å². The highest BCUT2D eigenvalue weighted by molar-refractivity contribution is 14.1. The Morgan fingerprint density at radius 2 is 2.03 bits per heavy atom. The minimum Gasteiger partial charge on any atom is -0.493 e. The van der Waals surface area contributed by atoms with E-state index in [1.165, 1.54) is 36.2 Å². The van der Waals surface area contributed by atoms with Gasteiger partial charge in [0.1, 0.15) is 11.6 Å². The van der Waals surface area contributed by atoms with Gasteiger partial charge in [-0.2, -0.15) is 9.78 Å². The summed E-state index contributed by atoms with van der Waals surface area (Å²) in [6.07, 6.45) is 1.51. The summed E-state index contributed by atoms with van der Waals surface area (Å²) in [5.74, 6) is 0.101. The van der Waals surface area contributed by atoms with Crippen molar-refractivity contribution in [3.63, 3.8) is 0 Å². The summed E-state index contributed by atoms with van der Waals surface area (Å²) >= 11 is 5.42. The Morgan fingerprint density at radius 1 is 1.25 bits per heavy atom. The number of anilines is 1. The Labute approximate surface area is 227 Å². The van der Waals surface area contributed by atoms with E-state index >= 15 is 0 Å². The summed E-state index contributed by atoms with van der Waals surface area (Å²) in [5, 5.41) is 7.24. The number of benzene rings is 3. The van der Waals surface area contributed by atoms with Gasteiger partial charge in [0.15, 0.2) is 18.1 Å². The smallest absolute Gasteiger partial charge is 0.282 e. The molecule has 1 N–H and O–H groups in total. The van der Waals surface area contributed by atoms with Crippen molar-refractivity contribution in [2.24, 2.45) is 5.10 Å². The molecule has 184 valence electrons. The van der Waals surface area contributed by atoms with Crippen molar-refractivity contribution in [3.8, 4) is 11.5 Å². The van der Waals surface area contributed by atoms with Gasteiger partial charge in [-0.05, 0) is 77.5 Å². The van der Waals surface area contributed by atoms with Crippen LogP contribution in [0.3, 0.4) is 0 Å². The van der Waals surface area contributed by atoms with Crippen LogP contribution in [0.5, 0.6) is 11.5 Å². The predicted molar refractivity (Wildman–Crippen MR) is 148 cm³/mol. The van der Waals surface area contributed by atoms with Crippen molar-refractivity contribution in [2.75, 3.05) is 19.0 Å². The van der Waals surface area contributed by atoms with Crippen molar-refractivity contribution >= 4 is 67.2 Å². The molecular formula is C25H19BrFIN4O4. The Kier molecular flexibility index (Phi) is 7.99. The number of halogens is 3. The maximum absolute atomic E-state index is 13.8. The number of aryl methyl sites for hydroxylation is 1. The van der Waals surface area contributed by atoms with Gasteiger partial charge in [0, 0.05) is 4.47 Å². The van der Waals surface area contributed by atoms with E-state index in [4.69, 9.17) is 9.47 Å². The maximum atomic E-state index is 13.8. The number of fused-ring (bicyclic) bond motifs is 1. The van der Waals surface area contributed by atoms with Crippen molar-refractivity contribution in [3.05, 3.63) is 90.2 Å². The molecule has 0 saturated carbocycles. The summed E-state index contributed by atoms with van der Waals surface area (Å²) in [4.78, 5) is 29.6. The van der Waals surface area contributed by atoms with Gasteiger partial charge in [-0.25, -0.2) is 9.37 Å². The van der Waals surface area contributed by atoms with Crippen LogP contribution in [0.1, 0.15) is 11.4 Å². The molecule has 8 nitrogen and oxygen atoms in total. The number of methoxy groups -OCH3 is 1. The van der Waals surface area contributed by atoms with Crippen LogP contribution in [-0.2, 0) is 4.79 Å². The van der Waals surface area contributed by atoms with Crippen LogP contribution in [-0.4, -0.2) is 35.5 Å². The second-order valence-corrected chi connectivity index (χ2v) is 9.61. The van der Waals surface area contributed by atoms with E-state index in [2.05, 4.69) is 31.3 Å². The van der Waals surface area contributed by atoms with Crippen LogP contribution < -0.4 is 20.3 Å². The SMILES string of the molecule is COc1cc(C=Nn2c(C)nc3ccc(Br)cc3c2=O)cc(I)c1OCC(=O)Nc1ccccc1F. The Bertz CT molecular complexity index is 1560. The zero-order chi connectivity index (χ0) is 25.8. The van der Waals surface area contributed by atoms with Crippen LogP contribution in [0, 0.1) is 16.3 Å². The molecule has 0 aliphatic carbocycles. The second kappa shape index (κ2) is 11.2. The fourth-order valence-corrected chi connectivity index (χ4v) is 4.50. The van der Waals surface area contributed by atoms with E-state index in [0.717, 1.165) is 4.47 Å². The maximum Gasteiger partial charge on any atom is 0.282 e. The van der Waals surface area contributed by atoms with Crippen molar-refractivity contribution < 1.29 is 18.7 Å². The summed E-state index contributed by atoms with van der Waals surface area (Å²) < 4.78 is 27.5. The molecule has 4 aromatic rings. The van der Waals surface area contributed by atoms with E-state index in [1.807, 2.05) is 28.7 Å². The molecule has 0 aliphatic rings. The fourth-order valence-electron chi connectivity index (χ4n) is 3.36. The molecule has 11 heteroatoms. The van der Waals surface area contributed by atoms with Crippen LogP contribution in [0.2, 0.25) is 0 Å². The van der Waals surface area contributed by atoms with Crippen molar-refractivity contribution in [1.29, 1.82) is 0 Å². The summed E-state index contributed by atoms with van der Waals surface area (Å²) in [6, 6.07) is 14.6. The quantitative estimate of drug-likeness (QED) is 0.219. The van der Waals surface area contributed by atoms with Crippen LogP contribution in [0.25, 0.3) is 10.9 Å². The van der Waals surface area contributed by atoms with Gasteiger partial charge in [-0.15, -0.1) is 0 Å². The lowest BCUT2D eigenvalue weighted by molar-refractivity contribution is -0.118. The highest BCUT2D eigenvalue weighted by Gasteiger charge is 2.15. The Balaban J connectivity index is 1.55. The number of nitrogens with zero attached hydrogens (tertiary/aromatic N) is 3. The van der Waals surface area contributed by atoms with E-state index in [1.54, 1.807) is 37.3 Å². The Morgan fingerprint density at radius 3 is 2.78 bits per heavy atom. The molecule has 0 saturated heterocycles. The molecule has 4 rings (SSSR count). The molecule has 0 aliphatic heterocycles. The molecule has 0 bridgehead atoms. The predicted octanol–water partition coefficient (Wildman–Crippen LogP) is 5.12. The topological polar surface area (TPSA) is 94.8 Å². The van der Waals surface area contributed by atoms with Crippen molar-refractivity contribution in [1.82, 2.24) is 9.66 Å². The molecule has 0 spiro atoms. The molecule has 0 unspecified atom stereocenters. The zero-order valence-corrected chi connectivity index (χ0v) is 22.8. The van der Waals surface area contributed by atoms with Crippen LogP contribution in [0.15, 0.2) is 69.0 Å². The van der Waals surface area contributed by atoms with E-state index in [9.17, 15) is 14.0 Å². The lowest BCUT2D eigenvalue weighted by Gasteiger charge is -2.14. The van der Waals surface area contributed by atoms with E-state index in [0.29, 0.717) is 37.4 Å². The minimum atomic E-state index is -0.537. The fraction of sp³-hybridized carbons (Fsp3) is 0.120. The first kappa shape index (κ1) is 25.8. The van der Waals surface area contributed by atoms with Crippen LogP contribution in [0.4, 0.5) is 10.1 Å². The number of ether oxygens (including phenoxy) is 2. The normalized spacial score (nSPS) is 11.1. The highest BCUT2D eigenvalue weighted by atomic mass is 127. The number of amides is 1. The molecule has 1 aromatic heterocycles. The molecule has 0 fully saturated rings. The van der Waals surface area contributed by atoms with Gasteiger partial charge < -0.3 is 14.8 Å². The number of para-hydroxylation sites is 1. The molecule has 3 aromatic carbocycles. The summed E-state index contributed by atoms with van der Waals surface area (Å²) in [5.41, 5.74) is 1.00. The van der Waals surface area contributed by atoms with Gasteiger partial charge in [0.05, 0.1) is 33.5 Å². The average Bonchev–Trinajstić information content (AvgIpc) is 2.85. The lowest BCUT2D eigenvalue weighted by Crippen LogP contribution is -2.21. The molecule has 0 atom stereocenters. The number of aromatic nitrogens is 2. The number of nitrogens with one attached hydrogen (secondary N) is 1. The van der Waals surface area contributed by atoms with Gasteiger partial charge >= 0.3 is 0 Å². The third-order valence-corrected chi connectivity index (χ3v) is 6.33. The molecule has 0 radical (unpaired) electrons. The van der Waals surface area contributed by atoms with Crippen molar-refractivity contribution in [2.45, 2.75) is 6.92 Å². The molecule has 1 heterocycles. The lowest BCUT2D eigenvalue weighted by atomic mass is 10.2. The number of carbonyl (C=O) groups excluding carboxylic acids is 1. The third kappa shape index (κ3) is 5.73. The first-order chi connectivity index (χ1) is 17.3. The van der Waals surface area contributed by atoms with Gasteiger partial charge in [0.25, 0.3) is 11.5 Å². The second-order valence-electron chi connectivity index (χ2n) is 7.53. The Hall–Kier alpha value is -3.32. The first-order valence-corrected chi connectivity index (χ1v) is 12.4. The summed E-state index contributed by atoms with van der Waals surface area (Å²) in [6.45, 7) is 1.36. The number of rotatable bonds is 7. The standard InChI is InChI=1S/C25H19BrFIN4O4/c1-14-30-20-8-7-16(26)11-17(20)25(34)32(14)29-12-15-9-19(28)24(22(10-15)35-2)36-13-23(33)31-21-6-4-3-5-18(21)27/h3-12H,13H2,1-2H3,(H,31,33). The number of carbonyl (C=O) groups is 1. The average molecular weight is 665 g/mol. The largest absolute Gasteiger partial charge is 0.493 e. The van der Waals surface area contributed by atoms with Gasteiger partial charge in [0.2, 0.25) is 0 Å². The highest BCUT2D eigenvalue weighted by Crippen LogP contribution is 2.33. The molecule has 36 heavy (non-hydrogen) atoms. The molecule has 1 amide bonds. The summed E-state index contributed by atoms with van der Waals surface area (Å²) in [7, 11) is 1.47. The first-order valence-electron chi connectivity index (χ1n) is 10.5. The third-order valence-electron chi connectivity index (χ3n) is 5.04. The zero-order valence-electron chi connectivity index (χ0n) is 19.1. The van der Waals surface area contributed by atoms with E-state index in [-0.39, 0.29) is 17.9 Å². The van der Waals surface area contributed by atoms with Crippen LogP contribution >= 0.6 is 38.5 Å². The minimum absolute atomic E-state index is 0.0698. The monoisotopic (exact) mass is 664 g/mol.